The molecule has 2 atom stereocenters. The van der Waals surface area contributed by atoms with E-state index in [4.69, 9.17) is 15.3 Å². The summed E-state index contributed by atoms with van der Waals surface area (Å²) in [6.45, 7) is 0.783. The van der Waals surface area contributed by atoms with Gasteiger partial charge >= 0.3 is 0 Å². The Morgan fingerprint density at radius 3 is 2.53 bits per heavy atom. The smallest absolute Gasteiger partial charge is 0.278 e. The third-order valence-electron chi connectivity index (χ3n) is 6.59. The number of hydrogen-bond donors (Lipinski definition) is 2. The van der Waals surface area contributed by atoms with Gasteiger partial charge in [0.1, 0.15) is 6.04 Å². The van der Waals surface area contributed by atoms with Crippen LogP contribution in [0.2, 0.25) is 0 Å². The monoisotopic (exact) mass is 540 g/mol. The van der Waals surface area contributed by atoms with Crippen LogP contribution in [0.5, 0.6) is 0 Å². The topological polar surface area (TPSA) is 157 Å². The number of carbonyl (C=O) groups is 2. The molecule has 38 heavy (non-hydrogen) atoms. The van der Waals surface area contributed by atoms with Gasteiger partial charge in [0.25, 0.3) is 5.91 Å². The van der Waals surface area contributed by atoms with Crippen LogP contribution in [0.25, 0.3) is 10.8 Å². The van der Waals surface area contributed by atoms with Crippen molar-refractivity contribution in [3.05, 3.63) is 60.4 Å². The van der Waals surface area contributed by atoms with Gasteiger partial charge < -0.3 is 15.4 Å². The number of aromatic nitrogens is 2. The van der Waals surface area contributed by atoms with Crippen molar-refractivity contribution < 1.29 is 27.6 Å². The molecule has 2 aromatic carbocycles. The second-order valence-corrected chi connectivity index (χ2v) is 11.0. The number of hydrogen-bond acceptors (Lipinski definition) is 9. The summed E-state index contributed by atoms with van der Waals surface area (Å²) in [7, 11) is -4.00. The lowest BCUT2D eigenvalue weighted by atomic mass is 10.1. The molecule has 2 unspecified atom stereocenters. The first-order valence-corrected chi connectivity index (χ1v) is 13.7. The zero-order chi connectivity index (χ0) is 26.7. The molecule has 1 aromatic heterocycles. The molecule has 5 rings (SSSR count). The number of amides is 2. The van der Waals surface area contributed by atoms with Crippen molar-refractivity contribution in [2.24, 2.45) is 5.73 Å². The van der Waals surface area contributed by atoms with Gasteiger partial charge in [-0.1, -0.05) is 30.3 Å². The Balaban J connectivity index is 1.27. The molecule has 2 saturated heterocycles. The Kier molecular flexibility index (Phi) is 7.51. The highest BCUT2D eigenvalue weighted by Gasteiger charge is 2.40. The summed E-state index contributed by atoms with van der Waals surface area (Å²) >= 11 is 0. The number of sulfonamides is 1. The number of nitrogens with zero attached hydrogens (tertiary/aromatic N) is 4. The standard InChI is InChI=1S/C25H28N6O6S/c26-23(32)21-16-30(25-27-14-19(15-28-25)24(33)29-37-22-7-3-4-12-36-22)10-11-31(21)38(34,35)20-9-8-17-5-1-2-6-18(17)13-20/h1-2,5-6,8-9,13-15,21-22H,3-4,7,10-12,16H2,(H2,26,32)(H,29,33). The summed E-state index contributed by atoms with van der Waals surface area (Å²) in [5.74, 6) is -1.06. The van der Waals surface area contributed by atoms with E-state index in [0.717, 1.165) is 27.9 Å². The van der Waals surface area contributed by atoms with Crippen molar-refractivity contribution in [2.45, 2.75) is 36.5 Å². The van der Waals surface area contributed by atoms with Crippen molar-refractivity contribution in [2.75, 3.05) is 31.1 Å². The highest BCUT2D eigenvalue weighted by Crippen LogP contribution is 2.26. The van der Waals surface area contributed by atoms with Gasteiger partial charge in [-0.2, -0.15) is 4.31 Å². The number of nitrogens with one attached hydrogen (secondary N) is 1. The molecule has 2 aliphatic heterocycles. The molecule has 0 spiro atoms. The van der Waals surface area contributed by atoms with Gasteiger partial charge in [-0.15, -0.1) is 0 Å². The molecule has 3 aromatic rings. The normalized spacial score (nSPS) is 20.8. The number of anilines is 1. The zero-order valence-electron chi connectivity index (χ0n) is 20.5. The van der Waals surface area contributed by atoms with Crippen LogP contribution in [0, 0.1) is 0 Å². The first kappa shape index (κ1) is 26.0. The van der Waals surface area contributed by atoms with Gasteiger partial charge in [0.15, 0.2) is 6.29 Å². The molecule has 2 fully saturated rings. The summed E-state index contributed by atoms with van der Waals surface area (Å²) in [6.07, 6.45) is 4.80. The Bertz CT molecular complexity index is 1430. The minimum absolute atomic E-state index is 0.00356. The van der Waals surface area contributed by atoms with Crippen molar-refractivity contribution in [1.29, 1.82) is 0 Å². The van der Waals surface area contributed by atoms with E-state index in [9.17, 15) is 18.0 Å². The number of benzene rings is 2. The lowest BCUT2D eigenvalue weighted by molar-refractivity contribution is -0.186. The molecule has 3 heterocycles. The van der Waals surface area contributed by atoms with Gasteiger partial charge in [-0.05, 0) is 35.7 Å². The van der Waals surface area contributed by atoms with Gasteiger partial charge in [-0.3, -0.25) is 9.59 Å². The number of carbonyl (C=O) groups excluding carboxylic acids is 2. The summed E-state index contributed by atoms with van der Waals surface area (Å²) in [4.78, 5) is 40.2. The number of fused-ring (bicyclic) bond motifs is 1. The minimum Gasteiger partial charge on any atom is -0.368 e. The average molecular weight is 541 g/mol. The minimum atomic E-state index is -4.00. The van der Waals surface area contributed by atoms with Gasteiger partial charge in [0.2, 0.25) is 21.9 Å². The first-order chi connectivity index (χ1) is 18.3. The number of primary amides is 1. The molecule has 0 saturated carbocycles. The Morgan fingerprint density at radius 2 is 1.82 bits per heavy atom. The van der Waals surface area contributed by atoms with Crippen LogP contribution in [-0.4, -0.2) is 73.1 Å². The molecule has 2 aliphatic rings. The lowest BCUT2D eigenvalue weighted by Gasteiger charge is -2.38. The van der Waals surface area contributed by atoms with Crippen molar-refractivity contribution in [3.63, 3.8) is 0 Å². The van der Waals surface area contributed by atoms with Crippen LogP contribution in [-0.2, 0) is 24.4 Å². The fraction of sp³-hybridized carbons (Fsp3) is 0.360. The van der Waals surface area contributed by atoms with E-state index < -0.39 is 34.2 Å². The molecule has 12 nitrogen and oxygen atoms in total. The molecular weight excluding hydrogens is 512 g/mol. The maximum Gasteiger partial charge on any atom is 0.278 e. The highest BCUT2D eigenvalue weighted by molar-refractivity contribution is 7.89. The van der Waals surface area contributed by atoms with Crippen LogP contribution in [0.1, 0.15) is 29.6 Å². The second-order valence-electron chi connectivity index (χ2n) is 9.11. The molecule has 0 radical (unpaired) electrons. The second kappa shape index (κ2) is 11.0. The predicted octanol–water partition coefficient (Wildman–Crippen LogP) is 1.18. The third-order valence-corrected chi connectivity index (χ3v) is 8.50. The largest absolute Gasteiger partial charge is 0.368 e. The molecule has 3 N–H and O–H groups in total. The number of ether oxygens (including phenoxy) is 1. The van der Waals surface area contributed by atoms with E-state index in [1.807, 2.05) is 24.3 Å². The van der Waals surface area contributed by atoms with Crippen LogP contribution in [0.3, 0.4) is 0 Å². The SMILES string of the molecule is NC(=O)C1CN(c2ncc(C(=O)NOC3CCCCO3)cn2)CCN1S(=O)(=O)c1ccc2ccccc2c1. The lowest BCUT2D eigenvalue weighted by Crippen LogP contribution is -2.60. The van der Waals surface area contributed by atoms with Gasteiger partial charge in [0, 0.05) is 45.1 Å². The van der Waals surface area contributed by atoms with Crippen molar-refractivity contribution in [3.8, 4) is 0 Å². The zero-order valence-corrected chi connectivity index (χ0v) is 21.3. The van der Waals surface area contributed by atoms with E-state index in [2.05, 4.69) is 15.4 Å². The van der Waals surface area contributed by atoms with Crippen LogP contribution in [0.15, 0.2) is 59.8 Å². The average Bonchev–Trinajstić information content (AvgIpc) is 2.96. The van der Waals surface area contributed by atoms with Crippen molar-refractivity contribution in [1.82, 2.24) is 19.8 Å². The quantitative estimate of drug-likeness (QED) is 0.420. The van der Waals surface area contributed by atoms with Crippen LogP contribution >= 0.6 is 0 Å². The van der Waals surface area contributed by atoms with E-state index in [0.29, 0.717) is 13.0 Å². The molecule has 13 heteroatoms. The Hall–Kier alpha value is -3.65. The summed E-state index contributed by atoms with van der Waals surface area (Å²) in [5.41, 5.74) is 8.15. The fourth-order valence-electron chi connectivity index (χ4n) is 4.51. The molecule has 200 valence electrons. The summed E-state index contributed by atoms with van der Waals surface area (Å²) in [5, 5.41) is 1.68. The Morgan fingerprint density at radius 1 is 1.05 bits per heavy atom. The molecular formula is C25H28N6O6S. The maximum absolute atomic E-state index is 13.5. The number of rotatable bonds is 7. The first-order valence-electron chi connectivity index (χ1n) is 12.3. The van der Waals surface area contributed by atoms with E-state index in [1.165, 1.54) is 18.5 Å². The Labute approximate surface area is 219 Å². The number of nitrogens with two attached hydrogens (primary N) is 1. The van der Waals surface area contributed by atoms with E-state index >= 15 is 0 Å². The van der Waals surface area contributed by atoms with E-state index in [-0.39, 0.29) is 36.0 Å². The molecule has 2 amide bonds. The van der Waals surface area contributed by atoms with Gasteiger partial charge in [-0.25, -0.2) is 28.7 Å². The van der Waals surface area contributed by atoms with Gasteiger partial charge in [0.05, 0.1) is 10.5 Å². The maximum atomic E-state index is 13.5. The number of hydroxylamine groups is 1. The molecule has 0 bridgehead atoms. The summed E-state index contributed by atoms with van der Waals surface area (Å²) < 4.78 is 33.5. The molecule has 0 aliphatic carbocycles. The van der Waals surface area contributed by atoms with Crippen molar-refractivity contribution >= 4 is 38.6 Å². The van der Waals surface area contributed by atoms with Crippen LogP contribution < -0.4 is 16.1 Å². The highest BCUT2D eigenvalue weighted by atomic mass is 32.2. The van der Waals surface area contributed by atoms with E-state index in [1.54, 1.807) is 17.0 Å². The fourth-order valence-corrected chi connectivity index (χ4v) is 6.13. The number of piperazine rings is 1. The summed E-state index contributed by atoms with van der Waals surface area (Å²) in [6, 6.07) is 11.1. The third kappa shape index (κ3) is 5.45. The van der Waals surface area contributed by atoms with Crippen LogP contribution in [0.4, 0.5) is 5.95 Å². The predicted molar refractivity (Wildman–Crippen MR) is 137 cm³/mol.